The second-order valence-electron chi connectivity index (χ2n) is 6.33. The Bertz CT molecular complexity index is 1040. The van der Waals surface area contributed by atoms with Crippen molar-refractivity contribution < 1.29 is 24.0 Å². The molecule has 0 bridgehead atoms. The first kappa shape index (κ1) is 21.3. The average Bonchev–Trinajstić information content (AvgIpc) is 2.94. The third kappa shape index (κ3) is 4.60. The number of nitro benzene ring substituents is 1. The molecule has 1 heterocycles. The second kappa shape index (κ2) is 8.95. The van der Waals surface area contributed by atoms with E-state index in [0.29, 0.717) is 28.1 Å². The molecule has 30 heavy (non-hydrogen) atoms. The molecular weight excluding hydrogens is 458 g/mol. The Balaban J connectivity index is 1.84. The van der Waals surface area contributed by atoms with Gasteiger partial charge in [-0.2, -0.15) is 0 Å². The number of nitrogens with zero attached hydrogens (tertiary/aromatic N) is 2. The van der Waals surface area contributed by atoms with Crippen LogP contribution in [0.3, 0.4) is 0 Å². The quantitative estimate of drug-likeness (QED) is 0.281. The van der Waals surface area contributed by atoms with Gasteiger partial charge in [-0.05, 0) is 64.3 Å². The zero-order chi connectivity index (χ0) is 21.8. The van der Waals surface area contributed by atoms with Crippen molar-refractivity contribution in [2.45, 2.75) is 13.5 Å². The van der Waals surface area contributed by atoms with Crippen LogP contribution in [0.2, 0.25) is 0 Å². The van der Waals surface area contributed by atoms with E-state index < -0.39 is 16.9 Å². The number of carbonyl (C=O) groups is 2. The number of nitro groups is 1. The molecule has 10 heteroatoms. The van der Waals surface area contributed by atoms with Crippen LogP contribution in [0.5, 0.6) is 11.5 Å². The van der Waals surface area contributed by atoms with E-state index >= 15 is 0 Å². The van der Waals surface area contributed by atoms with Crippen molar-refractivity contribution in [2.24, 2.45) is 0 Å². The predicted octanol–water partition coefficient (Wildman–Crippen LogP) is 3.86. The van der Waals surface area contributed by atoms with E-state index in [-0.39, 0.29) is 18.0 Å². The molecule has 0 unspecified atom stereocenters. The van der Waals surface area contributed by atoms with E-state index in [1.165, 1.54) is 19.2 Å². The lowest BCUT2D eigenvalue weighted by atomic mass is 10.1. The number of non-ortho nitro benzene ring substituents is 1. The summed E-state index contributed by atoms with van der Waals surface area (Å²) < 4.78 is 12.1. The summed E-state index contributed by atoms with van der Waals surface area (Å²) in [4.78, 5) is 35.0. The molecule has 1 N–H and O–H groups in total. The minimum atomic E-state index is -0.488. The van der Waals surface area contributed by atoms with Gasteiger partial charge in [-0.15, -0.1) is 0 Å². The van der Waals surface area contributed by atoms with Crippen molar-refractivity contribution in [1.29, 1.82) is 0 Å². The van der Waals surface area contributed by atoms with Crippen molar-refractivity contribution in [1.82, 2.24) is 10.2 Å². The highest BCUT2D eigenvalue weighted by molar-refractivity contribution is 9.10. The Morgan fingerprint density at radius 3 is 2.47 bits per heavy atom. The van der Waals surface area contributed by atoms with Crippen LogP contribution in [0.25, 0.3) is 6.08 Å². The normalized spacial score (nSPS) is 14.8. The summed E-state index contributed by atoms with van der Waals surface area (Å²) in [5.41, 5.74) is 1.55. The molecule has 0 radical (unpaired) electrons. The minimum absolute atomic E-state index is 0.00604. The molecular formula is C20H18BrN3O6. The second-order valence-corrected chi connectivity index (χ2v) is 7.18. The highest BCUT2D eigenvalue weighted by Gasteiger charge is 2.30. The zero-order valence-corrected chi connectivity index (χ0v) is 17.8. The number of likely N-dealkylation sites (N-methyl/N-ethyl adjacent to an activating group) is 1. The Morgan fingerprint density at radius 2 is 1.90 bits per heavy atom. The molecule has 0 aromatic heterocycles. The Kier molecular flexibility index (Phi) is 6.36. The van der Waals surface area contributed by atoms with Crippen LogP contribution in [0.4, 0.5) is 10.5 Å². The lowest BCUT2D eigenvalue weighted by molar-refractivity contribution is -0.384. The number of benzene rings is 2. The molecule has 156 valence electrons. The number of hydrogen-bond acceptors (Lipinski definition) is 6. The summed E-state index contributed by atoms with van der Waals surface area (Å²) in [5, 5.41) is 13.3. The molecule has 9 nitrogen and oxygen atoms in total. The van der Waals surface area contributed by atoms with Crippen molar-refractivity contribution in [2.75, 3.05) is 13.7 Å². The first-order chi connectivity index (χ1) is 14.3. The highest BCUT2D eigenvalue weighted by atomic mass is 79.9. The first-order valence-corrected chi connectivity index (χ1v) is 9.72. The maximum Gasteiger partial charge on any atom is 0.328 e. The maximum absolute atomic E-state index is 12.1. The largest absolute Gasteiger partial charge is 0.490 e. The standard InChI is InChI=1S/C20H18BrN3O6/c1-3-29-17-10-13(9-16-19(25)23(2)20(26)22-16)8-15(21)18(17)30-11-12-4-6-14(7-5-12)24(27)28/h4-10H,3,11H2,1-2H3,(H,22,26)/b16-9+. The van der Waals surface area contributed by atoms with Crippen LogP contribution < -0.4 is 14.8 Å². The van der Waals surface area contributed by atoms with E-state index in [4.69, 9.17) is 9.47 Å². The van der Waals surface area contributed by atoms with Crippen LogP contribution in [0.1, 0.15) is 18.1 Å². The summed E-state index contributed by atoms with van der Waals surface area (Å²) in [6.45, 7) is 2.39. The molecule has 0 atom stereocenters. The van der Waals surface area contributed by atoms with Gasteiger partial charge < -0.3 is 14.8 Å². The number of halogens is 1. The summed E-state index contributed by atoms with van der Waals surface area (Å²) in [5.74, 6) is 0.481. The summed E-state index contributed by atoms with van der Waals surface area (Å²) >= 11 is 3.45. The first-order valence-electron chi connectivity index (χ1n) is 8.93. The summed E-state index contributed by atoms with van der Waals surface area (Å²) in [6.07, 6.45) is 1.55. The number of imide groups is 1. The molecule has 0 spiro atoms. The van der Waals surface area contributed by atoms with Crippen LogP contribution in [0, 0.1) is 10.1 Å². The Morgan fingerprint density at radius 1 is 1.20 bits per heavy atom. The van der Waals surface area contributed by atoms with Gasteiger partial charge >= 0.3 is 6.03 Å². The molecule has 1 aliphatic heterocycles. The molecule has 1 fully saturated rings. The maximum atomic E-state index is 12.1. The van der Waals surface area contributed by atoms with Gasteiger partial charge in [0.25, 0.3) is 11.6 Å². The fraction of sp³-hybridized carbons (Fsp3) is 0.200. The lowest BCUT2D eigenvalue weighted by Crippen LogP contribution is -2.25. The van der Waals surface area contributed by atoms with Crippen molar-refractivity contribution in [3.63, 3.8) is 0 Å². The molecule has 0 aliphatic carbocycles. The zero-order valence-electron chi connectivity index (χ0n) is 16.2. The number of carbonyl (C=O) groups excluding carboxylic acids is 2. The van der Waals surface area contributed by atoms with Gasteiger partial charge in [-0.25, -0.2) is 4.79 Å². The fourth-order valence-electron chi connectivity index (χ4n) is 2.73. The van der Waals surface area contributed by atoms with Gasteiger partial charge in [-0.1, -0.05) is 0 Å². The van der Waals surface area contributed by atoms with Gasteiger partial charge in [0.2, 0.25) is 0 Å². The van der Waals surface area contributed by atoms with Gasteiger partial charge in [0, 0.05) is 19.2 Å². The van der Waals surface area contributed by atoms with E-state index in [1.807, 2.05) is 6.92 Å². The van der Waals surface area contributed by atoms with E-state index in [0.717, 1.165) is 10.5 Å². The summed E-state index contributed by atoms with van der Waals surface area (Å²) in [7, 11) is 1.40. The van der Waals surface area contributed by atoms with Crippen LogP contribution >= 0.6 is 15.9 Å². The van der Waals surface area contributed by atoms with Crippen LogP contribution in [-0.2, 0) is 11.4 Å². The molecule has 2 aromatic carbocycles. The van der Waals surface area contributed by atoms with E-state index in [1.54, 1.807) is 30.3 Å². The summed E-state index contributed by atoms with van der Waals surface area (Å²) in [6, 6.07) is 9.01. The number of amides is 3. The minimum Gasteiger partial charge on any atom is -0.490 e. The number of ether oxygens (including phenoxy) is 2. The number of urea groups is 1. The third-order valence-corrected chi connectivity index (χ3v) is 4.84. The lowest BCUT2D eigenvalue weighted by Gasteiger charge is -2.15. The predicted molar refractivity (Wildman–Crippen MR) is 112 cm³/mol. The SMILES string of the molecule is CCOc1cc(/C=C2/NC(=O)N(C)C2=O)cc(Br)c1OCc1ccc([N+](=O)[O-])cc1. The van der Waals surface area contributed by atoms with Crippen molar-refractivity contribution in [3.8, 4) is 11.5 Å². The molecule has 2 aromatic rings. The van der Waals surface area contributed by atoms with Gasteiger partial charge in [-0.3, -0.25) is 19.8 Å². The van der Waals surface area contributed by atoms with Gasteiger partial charge in [0.05, 0.1) is 16.0 Å². The van der Waals surface area contributed by atoms with Gasteiger partial charge in [0.15, 0.2) is 11.5 Å². The van der Waals surface area contributed by atoms with Crippen LogP contribution in [0.15, 0.2) is 46.6 Å². The van der Waals surface area contributed by atoms with Gasteiger partial charge in [0.1, 0.15) is 12.3 Å². The Labute approximate surface area is 180 Å². The van der Waals surface area contributed by atoms with E-state index in [9.17, 15) is 19.7 Å². The number of rotatable bonds is 7. The smallest absolute Gasteiger partial charge is 0.328 e. The molecule has 0 saturated carbocycles. The highest BCUT2D eigenvalue weighted by Crippen LogP contribution is 2.38. The number of hydrogen-bond donors (Lipinski definition) is 1. The molecule has 1 aliphatic rings. The Hall–Kier alpha value is -3.40. The van der Waals surface area contributed by atoms with Crippen LogP contribution in [-0.4, -0.2) is 35.4 Å². The monoisotopic (exact) mass is 475 g/mol. The molecule has 3 amide bonds. The van der Waals surface area contributed by atoms with E-state index in [2.05, 4.69) is 21.2 Å². The fourth-order valence-corrected chi connectivity index (χ4v) is 3.31. The molecule has 3 rings (SSSR count). The average molecular weight is 476 g/mol. The number of nitrogens with one attached hydrogen (secondary N) is 1. The van der Waals surface area contributed by atoms with Crippen molar-refractivity contribution in [3.05, 3.63) is 67.8 Å². The van der Waals surface area contributed by atoms with Crippen molar-refractivity contribution >= 4 is 39.6 Å². The third-order valence-electron chi connectivity index (χ3n) is 4.25. The topological polar surface area (TPSA) is 111 Å². The molecule has 1 saturated heterocycles.